The monoisotopic (exact) mass is 385 g/mol. The summed E-state index contributed by atoms with van der Waals surface area (Å²) in [6, 6.07) is 15.4. The third kappa shape index (κ3) is 4.20. The molecule has 24 heavy (non-hydrogen) atoms. The normalized spacial score (nSPS) is 10.2. The molecule has 0 amide bonds. The van der Waals surface area contributed by atoms with Gasteiger partial charge in [0.15, 0.2) is 5.82 Å². The fourth-order valence-corrected chi connectivity index (χ4v) is 2.33. The maximum absolute atomic E-state index is 5.59. The van der Waals surface area contributed by atoms with Gasteiger partial charge < -0.3 is 15.4 Å². The van der Waals surface area contributed by atoms with Gasteiger partial charge in [-0.25, -0.2) is 0 Å². The Labute approximate surface area is 148 Å². The Bertz CT molecular complexity index is 810. The number of rotatable bonds is 6. The molecule has 0 aliphatic heterocycles. The molecule has 6 nitrogen and oxygen atoms in total. The van der Waals surface area contributed by atoms with E-state index in [0.717, 1.165) is 21.6 Å². The molecule has 0 radical (unpaired) electrons. The third-order valence-electron chi connectivity index (χ3n) is 3.11. The highest BCUT2D eigenvalue weighted by atomic mass is 79.9. The smallest absolute Gasteiger partial charge is 0.249 e. The highest BCUT2D eigenvalue weighted by Crippen LogP contribution is 2.26. The van der Waals surface area contributed by atoms with Crippen molar-refractivity contribution in [2.45, 2.75) is 6.92 Å². The van der Waals surface area contributed by atoms with Gasteiger partial charge in [0.05, 0.1) is 18.5 Å². The molecule has 1 aromatic heterocycles. The van der Waals surface area contributed by atoms with Crippen LogP contribution in [0.1, 0.15) is 6.92 Å². The molecule has 0 fully saturated rings. The highest BCUT2D eigenvalue weighted by molar-refractivity contribution is 9.10. The van der Waals surface area contributed by atoms with Gasteiger partial charge in [-0.3, -0.25) is 0 Å². The zero-order valence-corrected chi connectivity index (χ0v) is 14.6. The van der Waals surface area contributed by atoms with Gasteiger partial charge in [-0.05, 0) is 43.3 Å². The van der Waals surface area contributed by atoms with E-state index in [1.807, 2.05) is 55.5 Å². The van der Waals surface area contributed by atoms with Crippen molar-refractivity contribution in [1.82, 2.24) is 15.2 Å². The molecule has 122 valence electrons. The molecule has 0 spiro atoms. The lowest BCUT2D eigenvalue weighted by Gasteiger charge is -2.11. The topological polar surface area (TPSA) is 72.0 Å². The van der Waals surface area contributed by atoms with Crippen LogP contribution in [0.3, 0.4) is 0 Å². The molecular formula is C17H16BrN5O. The molecule has 0 aliphatic carbocycles. The molecule has 0 saturated heterocycles. The second-order valence-corrected chi connectivity index (χ2v) is 5.77. The Morgan fingerprint density at radius 2 is 1.83 bits per heavy atom. The van der Waals surface area contributed by atoms with Crippen LogP contribution in [0.5, 0.6) is 5.75 Å². The first-order valence-electron chi connectivity index (χ1n) is 7.46. The molecule has 1 heterocycles. The van der Waals surface area contributed by atoms with E-state index in [4.69, 9.17) is 4.74 Å². The maximum Gasteiger partial charge on any atom is 0.249 e. The van der Waals surface area contributed by atoms with Crippen molar-refractivity contribution in [1.29, 1.82) is 0 Å². The van der Waals surface area contributed by atoms with E-state index < -0.39 is 0 Å². The average molecular weight is 386 g/mol. The van der Waals surface area contributed by atoms with Gasteiger partial charge in [-0.2, -0.15) is 10.1 Å². The number of benzene rings is 2. The molecule has 7 heteroatoms. The number of ether oxygens (including phenoxy) is 1. The number of nitrogens with one attached hydrogen (secondary N) is 2. The van der Waals surface area contributed by atoms with E-state index in [1.54, 1.807) is 6.20 Å². The van der Waals surface area contributed by atoms with Gasteiger partial charge in [-0.15, -0.1) is 5.10 Å². The van der Waals surface area contributed by atoms with E-state index in [0.29, 0.717) is 18.4 Å². The fourth-order valence-electron chi connectivity index (χ4n) is 2.07. The first-order valence-corrected chi connectivity index (χ1v) is 8.25. The third-order valence-corrected chi connectivity index (χ3v) is 3.64. The van der Waals surface area contributed by atoms with Crippen LogP contribution >= 0.6 is 15.9 Å². The molecular weight excluding hydrogens is 370 g/mol. The zero-order chi connectivity index (χ0) is 16.8. The number of para-hydroxylation sites is 2. The van der Waals surface area contributed by atoms with Gasteiger partial charge in [0, 0.05) is 10.2 Å². The van der Waals surface area contributed by atoms with E-state index >= 15 is 0 Å². The number of anilines is 4. The van der Waals surface area contributed by atoms with E-state index in [-0.39, 0.29) is 0 Å². The first kappa shape index (κ1) is 16.2. The number of nitrogens with zero attached hydrogens (tertiary/aromatic N) is 3. The van der Waals surface area contributed by atoms with Crippen molar-refractivity contribution in [3.63, 3.8) is 0 Å². The van der Waals surface area contributed by atoms with Gasteiger partial charge in [-0.1, -0.05) is 28.1 Å². The summed E-state index contributed by atoms with van der Waals surface area (Å²) in [5, 5.41) is 14.3. The number of aromatic nitrogens is 3. The average Bonchev–Trinajstić information content (AvgIpc) is 2.59. The Morgan fingerprint density at radius 1 is 1.04 bits per heavy atom. The van der Waals surface area contributed by atoms with Crippen LogP contribution in [0, 0.1) is 0 Å². The highest BCUT2D eigenvalue weighted by Gasteiger charge is 2.06. The summed E-state index contributed by atoms with van der Waals surface area (Å²) in [6.45, 7) is 2.53. The van der Waals surface area contributed by atoms with Gasteiger partial charge in [0.1, 0.15) is 5.75 Å². The van der Waals surface area contributed by atoms with Crippen molar-refractivity contribution in [2.75, 3.05) is 17.2 Å². The summed E-state index contributed by atoms with van der Waals surface area (Å²) in [5.41, 5.74) is 1.71. The Balaban J connectivity index is 1.77. The number of halogens is 1. The Kier molecular flexibility index (Phi) is 5.22. The minimum absolute atomic E-state index is 0.393. The summed E-state index contributed by atoms with van der Waals surface area (Å²) >= 11 is 3.41. The Morgan fingerprint density at radius 3 is 2.62 bits per heavy atom. The number of hydrogen-bond acceptors (Lipinski definition) is 6. The summed E-state index contributed by atoms with van der Waals surface area (Å²) in [4.78, 5) is 4.42. The van der Waals surface area contributed by atoms with Crippen molar-refractivity contribution in [3.05, 3.63) is 59.2 Å². The van der Waals surface area contributed by atoms with Crippen LogP contribution in [-0.2, 0) is 0 Å². The molecule has 3 rings (SSSR count). The van der Waals surface area contributed by atoms with Crippen molar-refractivity contribution in [2.24, 2.45) is 0 Å². The minimum atomic E-state index is 0.393. The lowest BCUT2D eigenvalue weighted by atomic mass is 10.3. The summed E-state index contributed by atoms with van der Waals surface area (Å²) in [7, 11) is 0. The SMILES string of the molecule is CCOc1ccccc1Nc1nncc(Nc2ccc(Br)cc2)n1. The van der Waals surface area contributed by atoms with Gasteiger partial charge in [0.25, 0.3) is 0 Å². The first-order chi connectivity index (χ1) is 11.7. The lowest BCUT2D eigenvalue weighted by molar-refractivity contribution is 0.342. The standard InChI is InChI=1S/C17H16BrN5O/c1-2-24-15-6-4-3-5-14(15)21-17-22-16(11-19-23-17)20-13-9-7-12(18)8-10-13/h3-11H,2H2,1H3,(H2,20,21,22,23). The van der Waals surface area contributed by atoms with Crippen LogP contribution in [0.4, 0.5) is 23.1 Å². The molecule has 2 N–H and O–H groups in total. The predicted octanol–water partition coefficient (Wildman–Crippen LogP) is 4.52. The van der Waals surface area contributed by atoms with Gasteiger partial charge in [0.2, 0.25) is 5.95 Å². The molecule has 0 saturated carbocycles. The second kappa shape index (κ2) is 7.74. The van der Waals surface area contributed by atoms with Crippen LogP contribution in [0.2, 0.25) is 0 Å². The van der Waals surface area contributed by atoms with Crippen molar-refractivity contribution < 1.29 is 4.74 Å². The second-order valence-electron chi connectivity index (χ2n) is 4.85. The molecule has 2 aromatic carbocycles. The van der Waals surface area contributed by atoms with Gasteiger partial charge >= 0.3 is 0 Å². The molecule has 0 bridgehead atoms. The van der Waals surface area contributed by atoms with Crippen molar-refractivity contribution in [3.8, 4) is 5.75 Å². The molecule has 3 aromatic rings. The largest absolute Gasteiger partial charge is 0.492 e. The van der Waals surface area contributed by atoms with E-state index in [2.05, 4.69) is 41.7 Å². The van der Waals surface area contributed by atoms with Crippen LogP contribution in [0.25, 0.3) is 0 Å². The number of hydrogen-bond donors (Lipinski definition) is 2. The Hall–Kier alpha value is -2.67. The van der Waals surface area contributed by atoms with Crippen LogP contribution in [0.15, 0.2) is 59.2 Å². The van der Waals surface area contributed by atoms with E-state index in [9.17, 15) is 0 Å². The molecule has 0 aliphatic rings. The maximum atomic E-state index is 5.59. The fraction of sp³-hybridized carbons (Fsp3) is 0.118. The summed E-state index contributed by atoms with van der Waals surface area (Å²) in [5.74, 6) is 1.74. The van der Waals surface area contributed by atoms with E-state index in [1.165, 1.54) is 0 Å². The molecule has 0 unspecified atom stereocenters. The minimum Gasteiger partial charge on any atom is -0.492 e. The van der Waals surface area contributed by atoms with Crippen LogP contribution < -0.4 is 15.4 Å². The molecule has 0 atom stereocenters. The quantitative estimate of drug-likeness (QED) is 0.649. The summed E-state index contributed by atoms with van der Waals surface area (Å²) < 4.78 is 6.61. The predicted molar refractivity (Wildman–Crippen MR) is 98.1 cm³/mol. The van der Waals surface area contributed by atoms with Crippen LogP contribution in [-0.4, -0.2) is 21.8 Å². The zero-order valence-electron chi connectivity index (χ0n) is 13.0. The lowest BCUT2D eigenvalue weighted by Crippen LogP contribution is -2.04. The van der Waals surface area contributed by atoms with Crippen molar-refractivity contribution >= 4 is 39.1 Å². The summed E-state index contributed by atoms with van der Waals surface area (Å²) in [6.07, 6.45) is 1.57.